The number of rotatable bonds is 2. The summed E-state index contributed by atoms with van der Waals surface area (Å²) in [5.41, 5.74) is 0.656. The van der Waals surface area contributed by atoms with E-state index in [0.29, 0.717) is 11.4 Å². The van der Waals surface area contributed by atoms with Crippen LogP contribution in [0.4, 0.5) is 5.69 Å². The summed E-state index contributed by atoms with van der Waals surface area (Å²) in [6.07, 6.45) is 0. The Hall–Kier alpha value is -1.07. The first-order valence-electron chi connectivity index (χ1n) is 4.47. The molecule has 1 aromatic carbocycles. The number of aliphatic hydroxyl groups excluding tert-OH is 1. The normalized spacial score (nSPS) is 14.8. The van der Waals surface area contributed by atoms with Gasteiger partial charge in [-0.1, -0.05) is 15.9 Å². The largest absolute Gasteiger partial charge is 0.482 e. The van der Waals surface area contributed by atoms with Crippen LogP contribution < -0.4 is 9.64 Å². The van der Waals surface area contributed by atoms with Crippen molar-refractivity contribution in [3.63, 3.8) is 0 Å². The molecule has 2 rings (SSSR count). The Balaban J connectivity index is 2.39. The minimum atomic E-state index is -0.146. The maximum Gasteiger partial charge on any atom is 0.265 e. The monoisotopic (exact) mass is 270 g/mol. The van der Waals surface area contributed by atoms with Gasteiger partial charge in [0.1, 0.15) is 5.75 Å². The minimum Gasteiger partial charge on any atom is -0.482 e. The van der Waals surface area contributed by atoms with Gasteiger partial charge in [-0.15, -0.1) is 0 Å². The molecule has 1 radical (unpaired) electrons. The van der Waals surface area contributed by atoms with E-state index >= 15 is 0 Å². The van der Waals surface area contributed by atoms with Crippen molar-refractivity contribution in [1.29, 1.82) is 0 Å². The number of carbonyl (C=O) groups excluding carboxylic acids is 1. The number of anilines is 1. The standard InChI is InChI=1S/C10H9BrNO3/c11-7-1-2-8-9(5-7)15-6-10(14)12(8)3-4-13/h2,5,13H,3-4,6H2. The number of nitrogens with zero attached hydrogens (tertiary/aromatic N) is 1. The maximum absolute atomic E-state index is 11.5. The molecular formula is C10H9BrNO3. The number of amides is 1. The summed E-state index contributed by atoms with van der Waals surface area (Å²) in [5, 5.41) is 8.86. The Kier molecular flexibility index (Phi) is 2.93. The summed E-state index contributed by atoms with van der Waals surface area (Å²) >= 11 is 3.28. The Morgan fingerprint density at radius 1 is 1.67 bits per heavy atom. The summed E-state index contributed by atoms with van der Waals surface area (Å²) in [6, 6.07) is 6.36. The SMILES string of the molecule is O=C1COc2cc(Br)[c]cc2N1CCO. The minimum absolute atomic E-state index is 0.0173. The summed E-state index contributed by atoms with van der Waals surface area (Å²) in [5.74, 6) is 0.487. The molecule has 1 aliphatic rings. The fourth-order valence-corrected chi connectivity index (χ4v) is 1.78. The van der Waals surface area contributed by atoms with E-state index in [4.69, 9.17) is 9.84 Å². The van der Waals surface area contributed by atoms with Crippen molar-refractivity contribution in [2.75, 3.05) is 24.7 Å². The summed E-state index contributed by atoms with van der Waals surface area (Å²) in [6.45, 7) is 0.232. The van der Waals surface area contributed by atoms with Crippen LogP contribution in [-0.2, 0) is 4.79 Å². The Morgan fingerprint density at radius 3 is 3.20 bits per heavy atom. The highest BCUT2D eigenvalue weighted by Gasteiger charge is 2.24. The first kappa shape index (κ1) is 10.4. The third-order valence-corrected chi connectivity index (χ3v) is 2.58. The average molecular weight is 271 g/mol. The van der Waals surface area contributed by atoms with Crippen molar-refractivity contribution in [3.8, 4) is 5.75 Å². The quantitative estimate of drug-likeness (QED) is 0.871. The predicted octanol–water partition coefficient (Wildman–Crippen LogP) is 0.967. The highest BCUT2D eigenvalue weighted by Crippen LogP contribution is 2.33. The van der Waals surface area contributed by atoms with Gasteiger partial charge in [0.25, 0.3) is 5.91 Å². The fourth-order valence-electron chi connectivity index (χ4n) is 1.46. The third kappa shape index (κ3) is 1.98. The molecule has 0 aromatic heterocycles. The van der Waals surface area contributed by atoms with Crippen LogP contribution in [0.25, 0.3) is 0 Å². The van der Waals surface area contributed by atoms with Crippen molar-refractivity contribution in [2.45, 2.75) is 0 Å². The molecule has 1 heterocycles. The lowest BCUT2D eigenvalue weighted by molar-refractivity contribution is -0.121. The fraction of sp³-hybridized carbons (Fsp3) is 0.300. The van der Waals surface area contributed by atoms with Gasteiger partial charge in [-0.3, -0.25) is 4.79 Å². The van der Waals surface area contributed by atoms with Crippen molar-refractivity contribution in [3.05, 3.63) is 22.7 Å². The van der Waals surface area contributed by atoms with Gasteiger partial charge < -0.3 is 14.7 Å². The highest BCUT2D eigenvalue weighted by atomic mass is 79.9. The zero-order chi connectivity index (χ0) is 10.8. The number of halogens is 1. The molecule has 1 aliphatic heterocycles. The molecule has 1 amide bonds. The van der Waals surface area contributed by atoms with Gasteiger partial charge in [0.15, 0.2) is 6.61 Å². The molecule has 0 saturated carbocycles. The van der Waals surface area contributed by atoms with Crippen LogP contribution in [0.15, 0.2) is 16.6 Å². The highest BCUT2D eigenvalue weighted by molar-refractivity contribution is 9.10. The lowest BCUT2D eigenvalue weighted by Crippen LogP contribution is -2.40. The van der Waals surface area contributed by atoms with Crippen LogP contribution in [0.1, 0.15) is 0 Å². The second kappa shape index (κ2) is 4.20. The van der Waals surface area contributed by atoms with E-state index in [0.717, 1.165) is 4.47 Å². The predicted molar refractivity (Wildman–Crippen MR) is 57.9 cm³/mol. The van der Waals surface area contributed by atoms with E-state index < -0.39 is 0 Å². The molecule has 0 aliphatic carbocycles. The van der Waals surface area contributed by atoms with Gasteiger partial charge in [0.2, 0.25) is 0 Å². The molecule has 1 aromatic rings. The lowest BCUT2D eigenvalue weighted by Gasteiger charge is -2.28. The van der Waals surface area contributed by atoms with E-state index in [9.17, 15) is 4.79 Å². The Bertz CT molecular complexity index is 394. The number of benzene rings is 1. The number of hydrogen-bond acceptors (Lipinski definition) is 3. The number of hydrogen-bond donors (Lipinski definition) is 1. The smallest absolute Gasteiger partial charge is 0.265 e. The zero-order valence-electron chi connectivity index (χ0n) is 7.86. The second-order valence-corrected chi connectivity index (χ2v) is 3.94. The molecule has 5 heteroatoms. The van der Waals surface area contributed by atoms with Crippen LogP contribution in [0.2, 0.25) is 0 Å². The summed E-state index contributed by atoms with van der Waals surface area (Å²) in [7, 11) is 0. The maximum atomic E-state index is 11.5. The van der Waals surface area contributed by atoms with E-state index in [1.54, 1.807) is 12.1 Å². The second-order valence-electron chi connectivity index (χ2n) is 3.09. The van der Waals surface area contributed by atoms with Gasteiger partial charge in [-0.25, -0.2) is 0 Å². The van der Waals surface area contributed by atoms with E-state index in [1.165, 1.54) is 4.90 Å². The molecule has 15 heavy (non-hydrogen) atoms. The molecule has 4 nitrogen and oxygen atoms in total. The molecule has 0 fully saturated rings. The molecule has 1 N–H and O–H groups in total. The number of aliphatic hydroxyl groups is 1. The lowest BCUT2D eigenvalue weighted by atomic mass is 10.2. The van der Waals surface area contributed by atoms with Crippen LogP contribution in [0.5, 0.6) is 5.75 Å². The zero-order valence-corrected chi connectivity index (χ0v) is 9.45. The first-order valence-corrected chi connectivity index (χ1v) is 5.27. The average Bonchev–Trinajstić information content (AvgIpc) is 2.22. The van der Waals surface area contributed by atoms with Gasteiger partial charge in [0.05, 0.1) is 12.3 Å². The number of fused-ring (bicyclic) bond motifs is 1. The van der Waals surface area contributed by atoms with Crippen LogP contribution in [0.3, 0.4) is 0 Å². The molecule has 0 spiro atoms. The number of ether oxygens (including phenoxy) is 1. The van der Waals surface area contributed by atoms with E-state index in [2.05, 4.69) is 22.0 Å². The first-order chi connectivity index (χ1) is 7.22. The summed E-state index contributed by atoms with van der Waals surface area (Å²) < 4.78 is 6.05. The van der Waals surface area contributed by atoms with Gasteiger partial charge in [0, 0.05) is 11.0 Å². The summed E-state index contributed by atoms with van der Waals surface area (Å²) in [4.78, 5) is 13.0. The van der Waals surface area contributed by atoms with Crippen molar-refractivity contribution in [1.82, 2.24) is 0 Å². The van der Waals surface area contributed by atoms with E-state index in [-0.39, 0.29) is 25.7 Å². The van der Waals surface area contributed by atoms with Gasteiger partial charge in [-0.05, 0) is 18.2 Å². The molecule has 0 atom stereocenters. The third-order valence-electron chi connectivity index (χ3n) is 2.12. The topological polar surface area (TPSA) is 49.8 Å². The molecule has 0 unspecified atom stereocenters. The molecular weight excluding hydrogens is 262 g/mol. The van der Waals surface area contributed by atoms with Gasteiger partial charge >= 0.3 is 0 Å². The van der Waals surface area contributed by atoms with Crippen LogP contribution in [0, 0.1) is 6.07 Å². The Labute approximate surface area is 95.6 Å². The van der Waals surface area contributed by atoms with E-state index in [1.807, 2.05) is 0 Å². The Morgan fingerprint density at radius 2 is 2.47 bits per heavy atom. The molecule has 0 bridgehead atoms. The van der Waals surface area contributed by atoms with Crippen LogP contribution >= 0.6 is 15.9 Å². The van der Waals surface area contributed by atoms with Crippen molar-refractivity contribution in [2.24, 2.45) is 0 Å². The van der Waals surface area contributed by atoms with Crippen LogP contribution in [-0.4, -0.2) is 30.8 Å². The molecule has 0 saturated heterocycles. The number of carbonyl (C=O) groups is 1. The van der Waals surface area contributed by atoms with Crippen molar-refractivity contribution < 1.29 is 14.6 Å². The van der Waals surface area contributed by atoms with Crippen molar-refractivity contribution >= 4 is 27.5 Å². The number of β-amino-alcohol motifs (C(OH)–C–C–N with tert-alkyl or cyclic N) is 1. The van der Waals surface area contributed by atoms with Gasteiger partial charge in [-0.2, -0.15) is 0 Å². The molecule has 79 valence electrons.